The molecule has 0 saturated heterocycles. The van der Waals surface area contributed by atoms with Crippen LogP contribution >= 0.6 is 43.2 Å². The van der Waals surface area contributed by atoms with Crippen LogP contribution in [-0.4, -0.2) is 22.1 Å². The molecule has 8 heteroatoms. The standard InChI is InChI=1S/C15H12Br2N2O3S/c16-9-8-12(23-13(9)17)14(20)22-7-3-6-19-11-5-2-1-4-10(11)18-15(19)21/h1-2,4-5,8H,3,6-7H2,(H,18,21). The number of aromatic nitrogens is 2. The Hall–Kier alpha value is -1.38. The molecule has 1 aromatic carbocycles. The van der Waals surface area contributed by atoms with Crippen LogP contribution in [-0.2, 0) is 11.3 Å². The van der Waals surface area contributed by atoms with Gasteiger partial charge in [0.15, 0.2) is 0 Å². The van der Waals surface area contributed by atoms with E-state index in [1.165, 1.54) is 11.3 Å². The summed E-state index contributed by atoms with van der Waals surface area (Å²) < 4.78 is 8.59. The molecule has 2 aromatic heterocycles. The van der Waals surface area contributed by atoms with Gasteiger partial charge in [-0.15, -0.1) is 11.3 Å². The fraction of sp³-hybridized carbons (Fsp3) is 0.200. The average Bonchev–Trinajstić information content (AvgIpc) is 3.03. The zero-order chi connectivity index (χ0) is 16.4. The van der Waals surface area contributed by atoms with Gasteiger partial charge in [0.05, 0.1) is 21.4 Å². The van der Waals surface area contributed by atoms with Crippen LogP contribution in [0, 0.1) is 0 Å². The van der Waals surface area contributed by atoms with E-state index in [9.17, 15) is 9.59 Å². The van der Waals surface area contributed by atoms with Crippen molar-refractivity contribution < 1.29 is 9.53 Å². The molecule has 0 spiro atoms. The number of thiophene rings is 1. The number of carbonyl (C=O) groups is 1. The summed E-state index contributed by atoms with van der Waals surface area (Å²) in [6, 6.07) is 9.24. The summed E-state index contributed by atoms with van der Waals surface area (Å²) in [5.74, 6) is -0.354. The number of rotatable bonds is 5. The van der Waals surface area contributed by atoms with Gasteiger partial charge < -0.3 is 9.72 Å². The number of carbonyl (C=O) groups excluding carboxylic acids is 1. The molecule has 0 saturated carbocycles. The molecular weight excluding hydrogens is 448 g/mol. The Balaban J connectivity index is 1.58. The molecule has 23 heavy (non-hydrogen) atoms. The van der Waals surface area contributed by atoms with Crippen LogP contribution in [0.2, 0.25) is 0 Å². The van der Waals surface area contributed by atoms with Gasteiger partial charge in [-0.3, -0.25) is 4.57 Å². The number of imidazole rings is 1. The first kappa shape index (κ1) is 16.5. The summed E-state index contributed by atoms with van der Waals surface area (Å²) >= 11 is 8.00. The Bertz CT molecular complexity index is 893. The number of aromatic amines is 1. The summed E-state index contributed by atoms with van der Waals surface area (Å²) in [4.78, 5) is 27.2. The summed E-state index contributed by atoms with van der Waals surface area (Å²) in [5, 5.41) is 0. The Morgan fingerprint density at radius 1 is 1.30 bits per heavy atom. The van der Waals surface area contributed by atoms with Crippen molar-refractivity contribution in [3.05, 3.63) is 54.0 Å². The average molecular weight is 460 g/mol. The number of ether oxygens (including phenoxy) is 1. The molecule has 2 heterocycles. The number of halogens is 2. The minimum absolute atomic E-state index is 0.149. The van der Waals surface area contributed by atoms with Gasteiger partial charge in [0.25, 0.3) is 0 Å². The number of fused-ring (bicyclic) bond motifs is 1. The van der Waals surface area contributed by atoms with Gasteiger partial charge in [0, 0.05) is 11.0 Å². The lowest BCUT2D eigenvalue weighted by Gasteiger charge is -2.05. The number of nitrogens with one attached hydrogen (secondary N) is 1. The quantitative estimate of drug-likeness (QED) is 0.460. The van der Waals surface area contributed by atoms with Gasteiger partial charge in [-0.2, -0.15) is 0 Å². The minimum Gasteiger partial charge on any atom is -0.461 e. The van der Waals surface area contributed by atoms with Crippen LogP contribution in [0.5, 0.6) is 0 Å². The van der Waals surface area contributed by atoms with Crippen LogP contribution in [0.25, 0.3) is 11.0 Å². The third kappa shape index (κ3) is 3.59. The van der Waals surface area contributed by atoms with Crippen LogP contribution in [0.3, 0.4) is 0 Å². The van der Waals surface area contributed by atoms with E-state index in [1.54, 1.807) is 10.6 Å². The van der Waals surface area contributed by atoms with Crippen molar-refractivity contribution in [3.63, 3.8) is 0 Å². The number of aryl methyl sites for hydroxylation is 1. The number of hydrogen-bond acceptors (Lipinski definition) is 4. The number of para-hydroxylation sites is 2. The maximum atomic E-state index is 11.9. The summed E-state index contributed by atoms with van der Waals surface area (Å²) in [6.07, 6.45) is 0.571. The van der Waals surface area contributed by atoms with E-state index in [2.05, 4.69) is 36.8 Å². The summed E-state index contributed by atoms with van der Waals surface area (Å²) in [5.41, 5.74) is 1.52. The van der Waals surface area contributed by atoms with Crippen LogP contribution < -0.4 is 5.69 Å². The van der Waals surface area contributed by atoms with E-state index in [0.29, 0.717) is 17.8 Å². The number of esters is 1. The Labute approximate surface area is 152 Å². The molecule has 0 aliphatic carbocycles. The molecule has 0 fully saturated rings. The first-order valence-corrected chi connectivity index (χ1v) is 9.26. The van der Waals surface area contributed by atoms with Crippen molar-refractivity contribution in [3.8, 4) is 0 Å². The fourth-order valence-electron chi connectivity index (χ4n) is 2.23. The molecular formula is C15H12Br2N2O3S. The van der Waals surface area contributed by atoms with E-state index in [4.69, 9.17) is 4.74 Å². The van der Waals surface area contributed by atoms with Crippen molar-refractivity contribution in [1.82, 2.24) is 9.55 Å². The molecule has 120 valence electrons. The number of hydrogen-bond donors (Lipinski definition) is 1. The van der Waals surface area contributed by atoms with Crippen LogP contribution in [0.4, 0.5) is 0 Å². The number of H-pyrrole nitrogens is 1. The van der Waals surface area contributed by atoms with E-state index < -0.39 is 0 Å². The first-order valence-electron chi connectivity index (χ1n) is 6.86. The second-order valence-corrected chi connectivity index (χ2v) is 8.05. The zero-order valence-corrected chi connectivity index (χ0v) is 15.8. The molecule has 3 aromatic rings. The maximum Gasteiger partial charge on any atom is 0.348 e. The number of nitrogens with zero attached hydrogens (tertiary/aromatic N) is 1. The van der Waals surface area contributed by atoms with Gasteiger partial charge in [-0.1, -0.05) is 12.1 Å². The zero-order valence-electron chi connectivity index (χ0n) is 11.8. The number of benzene rings is 1. The first-order chi connectivity index (χ1) is 11.1. The molecule has 0 aliphatic heterocycles. The van der Waals surface area contributed by atoms with Gasteiger partial charge in [-0.25, -0.2) is 9.59 Å². The fourth-order valence-corrected chi connectivity index (χ4v) is 4.16. The monoisotopic (exact) mass is 458 g/mol. The van der Waals surface area contributed by atoms with Gasteiger partial charge >= 0.3 is 11.7 Å². The van der Waals surface area contributed by atoms with Crippen molar-refractivity contribution >= 4 is 60.2 Å². The topological polar surface area (TPSA) is 64.1 Å². The molecule has 3 rings (SSSR count). The smallest absolute Gasteiger partial charge is 0.348 e. The lowest BCUT2D eigenvalue weighted by Crippen LogP contribution is -2.18. The van der Waals surface area contributed by atoms with Gasteiger partial charge in [-0.05, 0) is 56.5 Å². The molecule has 0 bridgehead atoms. The highest BCUT2D eigenvalue weighted by atomic mass is 79.9. The van der Waals surface area contributed by atoms with E-state index in [1.807, 2.05) is 24.3 Å². The lowest BCUT2D eigenvalue weighted by atomic mass is 10.3. The highest BCUT2D eigenvalue weighted by molar-refractivity contribution is 9.13. The SMILES string of the molecule is O=C(OCCCn1c(=O)[nH]c2ccccc21)c1cc(Br)c(Br)s1. The lowest BCUT2D eigenvalue weighted by molar-refractivity contribution is 0.0502. The van der Waals surface area contributed by atoms with Gasteiger partial charge in [0.2, 0.25) is 0 Å². The predicted octanol–water partition coefficient (Wildman–Crippen LogP) is 4.16. The molecule has 0 amide bonds. The van der Waals surface area contributed by atoms with Crippen LogP contribution in [0.1, 0.15) is 16.1 Å². The highest BCUT2D eigenvalue weighted by Gasteiger charge is 2.13. The summed E-state index contributed by atoms with van der Waals surface area (Å²) in [6.45, 7) is 0.756. The van der Waals surface area contributed by atoms with Crippen LogP contribution in [0.15, 0.2) is 43.4 Å². The van der Waals surface area contributed by atoms with E-state index in [-0.39, 0.29) is 18.3 Å². The van der Waals surface area contributed by atoms with E-state index >= 15 is 0 Å². The largest absolute Gasteiger partial charge is 0.461 e. The van der Waals surface area contributed by atoms with Crippen molar-refractivity contribution in [2.45, 2.75) is 13.0 Å². The van der Waals surface area contributed by atoms with E-state index in [0.717, 1.165) is 19.3 Å². The molecule has 0 radical (unpaired) electrons. The van der Waals surface area contributed by atoms with Crippen molar-refractivity contribution in [2.75, 3.05) is 6.61 Å². The highest BCUT2D eigenvalue weighted by Crippen LogP contribution is 2.32. The van der Waals surface area contributed by atoms with Crippen molar-refractivity contribution in [1.29, 1.82) is 0 Å². The second-order valence-electron chi connectivity index (χ2n) is 4.82. The summed E-state index contributed by atoms with van der Waals surface area (Å²) in [7, 11) is 0. The second kappa shape index (κ2) is 7.02. The molecule has 0 atom stereocenters. The Morgan fingerprint density at radius 2 is 2.09 bits per heavy atom. The Morgan fingerprint density at radius 3 is 2.83 bits per heavy atom. The third-order valence-electron chi connectivity index (χ3n) is 3.29. The third-order valence-corrected chi connectivity index (χ3v) is 6.52. The maximum absolute atomic E-state index is 11.9. The normalized spacial score (nSPS) is 11.0. The Kier molecular flexibility index (Phi) is 5.03. The van der Waals surface area contributed by atoms with Crippen molar-refractivity contribution in [2.24, 2.45) is 0 Å². The molecule has 0 unspecified atom stereocenters. The molecule has 1 N–H and O–H groups in total. The van der Waals surface area contributed by atoms with Gasteiger partial charge in [0.1, 0.15) is 4.88 Å². The minimum atomic E-state index is -0.354. The molecule has 5 nitrogen and oxygen atoms in total. The predicted molar refractivity (Wildman–Crippen MR) is 97.2 cm³/mol. The molecule has 0 aliphatic rings.